The molecule has 1 rings (SSSR count). The molecule has 4 nitrogen and oxygen atoms in total. The third kappa shape index (κ3) is 3.81. The lowest BCUT2D eigenvalue weighted by Gasteiger charge is -1.97. The minimum atomic E-state index is -0.167. The van der Waals surface area contributed by atoms with Gasteiger partial charge in [0.2, 0.25) is 0 Å². The molecule has 0 spiro atoms. The van der Waals surface area contributed by atoms with Crippen molar-refractivity contribution in [3.63, 3.8) is 0 Å². The highest BCUT2D eigenvalue weighted by Crippen LogP contribution is 2.03. The summed E-state index contributed by atoms with van der Waals surface area (Å²) in [6, 6.07) is 3.43. The van der Waals surface area contributed by atoms with Crippen LogP contribution in [0.3, 0.4) is 0 Å². The first-order valence-corrected chi connectivity index (χ1v) is 4.81. The molecule has 3 N–H and O–H groups in total. The molecule has 0 unspecified atom stereocenters. The quantitative estimate of drug-likeness (QED) is 0.719. The van der Waals surface area contributed by atoms with Crippen LogP contribution in [0.4, 0.5) is 0 Å². The summed E-state index contributed by atoms with van der Waals surface area (Å²) in [4.78, 5) is 17.6. The molecule has 0 fully saturated rings. The number of H-pyrrole nitrogens is 1. The van der Waals surface area contributed by atoms with Crippen LogP contribution in [-0.4, -0.2) is 18.2 Å². The molecule has 0 saturated heterocycles. The van der Waals surface area contributed by atoms with E-state index in [1.54, 1.807) is 31.6 Å². The van der Waals surface area contributed by atoms with E-state index in [1.165, 1.54) is 6.20 Å². The summed E-state index contributed by atoms with van der Waals surface area (Å²) in [6.07, 6.45) is 4.48. The Kier molecular flexibility index (Phi) is 6.63. The number of aromatic nitrogens is 1. The van der Waals surface area contributed by atoms with E-state index in [2.05, 4.69) is 9.98 Å². The maximum Gasteiger partial charge on any atom is 0.255 e. The average Bonchev–Trinajstić information content (AvgIpc) is 2.30. The molecule has 82 valence electrons. The molecular formula is C11H17N3O. The fraction of sp³-hybridized carbons (Fsp3) is 0.273. The molecule has 0 radical (unpaired) electrons. The van der Waals surface area contributed by atoms with Gasteiger partial charge in [-0.15, -0.1) is 0 Å². The van der Waals surface area contributed by atoms with E-state index < -0.39 is 0 Å². The number of rotatable bonds is 2. The Morgan fingerprint density at radius 3 is 2.67 bits per heavy atom. The molecular weight excluding hydrogens is 190 g/mol. The summed E-state index contributed by atoms with van der Waals surface area (Å²) in [7, 11) is 1.63. The van der Waals surface area contributed by atoms with Crippen LogP contribution in [0.2, 0.25) is 0 Å². The fourth-order valence-corrected chi connectivity index (χ4v) is 0.990. The summed E-state index contributed by atoms with van der Waals surface area (Å²) in [6.45, 7) is 4.00. The van der Waals surface area contributed by atoms with E-state index in [0.717, 1.165) is 0 Å². The van der Waals surface area contributed by atoms with Gasteiger partial charge in [-0.2, -0.15) is 0 Å². The Labute approximate surface area is 89.6 Å². The lowest BCUT2D eigenvalue weighted by molar-refractivity contribution is 1.22. The monoisotopic (exact) mass is 207 g/mol. The molecule has 0 bridgehead atoms. The second-order valence-corrected chi connectivity index (χ2v) is 2.42. The summed E-state index contributed by atoms with van der Waals surface area (Å²) in [5.41, 5.74) is 6.33. The molecule has 1 aromatic heterocycles. The molecule has 0 aliphatic rings. The average molecular weight is 207 g/mol. The van der Waals surface area contributed by atoms with Gasteiger partial charge in [-0.25, -0.2) is 0 Å². The number of hydrogen-bond acceptors (Lipinski definition) is 3. The second-order valence-electron chi connectivity index (χ2n) is 2.42. The zero-order chi connectivity index (χ0) is 11.7. The molecule has 1 heterocycles. The van der Waals surface area contributed by atoms with E-state index >= 15 is 0 Å². The van der Waals surface area contributed by atoms with Gasteiger partial charge in [-0.1, -0.05) is 13.8 Å². The summed E-state index contributed by atoms with van der Waals surface area (Å²) >= 11 is 0. The van der Waals surface area contributed by atoms with E-state index in [-0.39, 0.29) is 5.56 Å². The van der Waals surface area contributed by atoms with Crippen molar-refractivity contribution in [1.82, 2.24) is 4.98 Å². The number of nitrogens with one attached hydrogen (secondary N) is 1. The zero-order valence-corrected chi connectivity index (χ0v) is 9.32. The zero-order valence-electron chi connectivity index (χ0n) is 9.32. The van der Waals surface area contributed by atoms with Gasteiger partial charge in [0.05, 0.1) is 0 Å². The molecule has 4 heteroatoms. The van der Waals surface area contributed by atoms with E-state index in [1.807, 2.05) is 13.8 Å². The van der Waals surface area contributed by atoms with Gasteiger partial charge in [-0.05, 0) is 12.1 Å². The van der Waals surface area contributed by atoms with Crippen molar-refractivity contribution in [1.29, 1.82) is 0 Å². The van der Waals surface area contributed by atoms with Crippen LogP contribution < -0.4 is 11.3 Å². The summed E-state index contributed by atoms with van der Waals surface area (Å²) in [5, 5.41) is 0. The van der Waals surface area contributed by atoms with Gasteiger partial charge in [0.25, 0.3) is 5.56 Å². The minimum absolute atomic E-state index is 0.167. The fourth-order valence-electron chi connectivity index (χ4n) is 0.990. The van der Waals surface area contributed by atoms with E-state index in [4.69, 9.17) is 5.73 Å². The number of aromatic amines is 1. The van der Waals surface area contributed by atoms with Crippen LogP contribution >= 0.6 is 0 Å². The topological polar surface area (TPSA) is 71.2 Å². The molecule has 15 heavy (non-hydrogen) atoms. The Balaban J connectivity index is 0.000000921. The first-order chi connectivity index (χ1) is 7.29. The van der Waals surface area contributed by atoms with Crippen molar-refractivity contribution in [3.05, 3.63) is 40.4 Å². The minimum Gasteiger partial charge on any atom is -0.404 e. The molecule has 0 aliphatic carbocycles. The van der Waals surface area contributed by atoms with Gasteiger partial charge >= 0.3 is 0 Å². The SMILES string of the molecule is CC.CN=C/C(=C\N)c1ccc[nH]c1=O. The predicted molar refractivity (Wildman–Crippen MR) is 65.0 cm³/mol. The van der Waals surface area contributed by atoms with Crippen LogP contribution in [-0.2, 0) is 0 Å². The Bertz CT molecular complexity index is 391. The maximum absolute atomic E-state index is 11.3. The molecule has 0 aromatic carbocycles. The van der Waals surface area contributed by atoms with Crippen molar-refractivity contribution in [2.24, 2.45) is 10.7 Å². The lowest BCUT2D eigenvalue weighted by atomic mass is 10.1. The lowest BCUT2D eigenvalue weighted by Crippen LogP contribution is -2.11. The summed E-state index contributed by atoms with van der Waals surface area (Å²) in [5.74, 6) is 0. The predicted octanol–water partition coefficient (Wildman–Crippen LogP) is 1.40. The summed E-state index contributed by atoms with van der Waals surface area (Å²) < 4.78 is 0. The van der Waals surface area contributed by atoms with Gasteiger partial charge in [0.15, 0.2) is 0 Å². The van der Waals surface area contributed by atoms with Crippen molar-refractivity contribution < 1.29 is 0 Å². The standard InChI is InChI=1S/C9H11N3O.C2H6/c1-11-6-7(5-10)8-3-2-4-12-9(8)13;1-2/h2-6H,10H2,1H3,(H,12,13);1-2H3/b7-5+,11-6?;. The molecule has 0 aliphatic heterocycles. The van der Waals surface area contributed by atoms with Crippen molar-refractivity contribution in [2.75, 3.05) is 7.05 Å². The Morgan fingerprint density at radius 2 is 2.20 bits per heavy atom. The highest BCUT2D eigenvalue weighted by atomic mass is 16.1. The first kappa shape index (κ1) is 13.2. The molecule has 0 saturated carbocycles. The Hall–Kier alpha value is -1.84. The smallest absolute Gasteiger partial charge is 0.255 e. The van der Waals surface area contributed by atoms with Crippen LogP contribution in [0.25, 0.3) is 5.57 Å². The van der Waals surface area contributed by atoms with Gasteiger partial charge < -0.3 is 10.7 Å². The van der Waals surface area contributed by atoms with Gasteiger partial charge in [0.1, 0.15) is 0 Å². The largest absolute Gasteiger partial charge is 0.404 e. The van der Waals surface area contributed by atoms with Crippen molar-refractivity contribution >= 4 is 11.8 Å². The highest BCUT2D eigenvalue weighted by molar-refractivity contribution is 6.09. The number of nitrogens with zero attached hydrogens (tertiary/aromatic N) is 1. The van der Waals surface area contributed by atoms with Crippen LogP contribution in [0.1, 0.15) is 19.4 Å². The Morgan fingerprint density at radius 1 is 1.53 bits per heavy atom. The van der Waals surface area contributed by atoms with Gasteiger partial charge in [0, 0.05) is 36.8 Å². The van der Waals surface area contributed by atoms with Crippen LogP contribution in [0.5, 0.6) is 0 Å². The molecule has 0 amide bonds. The number of allylic oxidation sites excluding steroid dienone is 1. The second kappa shape index (κ2) is 7.55. The third-order valence-corrected chi connectivity index (χ3v) is 1.58. The number of pyridine rings is 1. The number of nitrogens with two attached hydrogens (primary N) is 1. The van der Waals surface area contributed by atoms with Crippen molar-refractivity contribution in [2.45, 2.75) is 13.8 Å². The molecule has 1 aromatic rings. The van der Waals surface area contributed by atoms with Crippen molar-refractivity contribution in [3.8, 4) is 0 Å². The number of hydrogen-bond donors (Lipinski definition) is 2. The maximum atomic E-state index is 11.3. The van der Waals surface area contributed by atoms with E-state index in [9.17, 15) is 4.79 Å². The van der Waals surface area contributed by atoms with Gasteiger partial charge in [-0.3, -0.25) is 9.79 Å². The van der Waals surface area contributed by atoms with Crippen LogP contribution in [0.15, 0.2) is 34.3 Å². The van der Waals surface area contributed by atoms with Crippen LogP contribution in [0, 0.1) is 0 Å². The number of aliphatic imine (C=N–C) groups is 1. The highest BCUT2D eigenvalue weighted by Gasteiger charge is 2.01. The molecule has 0 atom stereocenters. The van der Waals surface area contributed by atoms with E-state index in [0.29, 0.717) is 11.1 Å². The first-order valence-electron chi connectivity index (χ1n) is 4.81. The normalized spacial score (nSPS) is 11.0. The third-order valence-electron chi connectivity index (χ3n) is 1.58.